The second kappa shape index (κ2) is 8.15. The fourth-order valence-electron chi connectivity index (χ4n) is 2.77. The first-order valence-corrected chi connectivity index (χ1v) is 7.12. The molecule has 0 saturated carbocycles. The summed E-state index contributed by atoms with van der Waals surface area (Å²) in [7, 11) is 0. The van der Waals surface area contributed by atoms with Gasteiger partial charge in [0.2, 0.25) is 0 Å². The Balaban J connectivity index is 2.03. The molecule has 0 bridgehead atoms. The van der Waals surface area contributed by atoms with E-state index in [2.05, 4.69) is 18.7 Å². The van der Waals surface area contributed by atoms with Crippen molar-refractivity contribution in [3.8, 4) is 0 Å². The van der Waals surface area contributed by atoms with Crippen LogP contribution in [-0.2, 0) is 0 Å². The molecule has 1 saturated heterocycles. The molecule has 1 aliphatic rings. The largest absolute Gasteiger partial charge is 0.300 e. The van der Waals surface area contributed by atoms with E-state index in [4.69, 9.17) is 0 Å². The normalized spacial score (nSPS) is 22.4. The molecule has 1 unspecified atom stereocenters. The first-order valence-electron chi connectivity index (χ1n) is 7.12. The Hall–Kier alpha value is -0.0400. The molecular weight excluding hydrogens is 182 g/mol. The average molecular weight is 211 g/mol. The number of nitrogens with zero attached hydrogens (tertiary/aromatic N) is 1. The van der Waals surface area contributed by atoms with Crippen molar-refractivity contribution >= 4 is 0 Å². The molecule has 0 spiro atoms. The van der Waals surface area contributed by atoms with E-state index >= 15 is 0 Å². The second-order valence-corrected chi connectivity index (χ2v) is 5.03. The Labute approximate surface area is 96.2 Å². The van der Waals surface area contributed by atoms with Crippen molar-refractivity contribution in [3.05, 3.63) is 0 Å². The van der Waals surface area contributed by atoms with Gasteiger partial charge in [-0.25, -0.2) is 0 Å². The van der Waals surface area contributed by atoms with E-state index in [0.717, 1.165) is 6.04 Å². The van der Waals surface area contributed by atoms with Crippen molar-refractivity contribution in [3.63, 3.8) is 0 Å². The van der Waals surface area contributed by atoms with Gasteiger partial charge in [-0.2, -0.15) is 0 Å². The van der Waals surface area contributed by atoms with Gasteiger partial charge in [-0.05, 0) is 38.8 Å². The summed E-state index contributed by atoms with van der Waals surface area (Å²) in [6.45, 7) is 7.35. The lowest BCUT2D eigenvalue weighted by Gasteiger charge is -2.23. The van der Waals surface area contributed by atoms with Crippen LogP contribution < -0.4 is 0 Å². The first-order chi connectivity index (χ1) is 7.38. The maximum absolute atomic E-state index is 2.75. The molecule has 0 aromatic heterocycles. The van der Waals surface area contributed by atoms with Gasteiger partial charge in [0.15, 0.2) is 0 Å². The van der Waals surface area contributed by atoms with Gasteiger partial charge in [-0.1, -0.05) is 46.0 Å². The zero-order valence-electron chi connectivity index (χ0n) is 10.8. The quantitative estimate of drug-likeness (QED) is 0.543. The van der Waals surface area contributed by atoms with Crippen LogP contribution in [0.25, 0.3) is 0 Å². The van der Waals surface area contributed by atoms with E-state index in [1.807, 2.05) is 0 Å². The third kappa shape index (κ3) is 5.01. The molecule has 1 heteroatoms. The average Bonchev–Trinajstić information content (AvgIpc) is 2.66. The second-order valence-electron chi connectivity index (χ2n) is 5.03. The molecule has 0 aliphatic carbocycles. The lowest BCUT2D eigenvalue weighted by molar-refractivity contribution is 0.236. The maximum Gasteiger partial charge on any atom is 0.00956 e. The molecule has 0 N–H and O–H groups in total. The molecule has 15 heavy (non-hydrogen) atoms. The lowest BCUT2D eigenvalue weighted by atomic mass is 10.1. The lowest BCUT2D eigenvalue weighted by Crippen LogP contribution is -2.30. The zero-order valence-corrected chi connectivity index (χ0v) is 10.8. The van der Waals surface area contributed by atoms with Crippen LogP contribution in [0, 0.1) is 0 Å². The summed E-state index contributed by atoms with van der Waals surface area (Å²) in [5, 5.41) is 0. The summed E-state index contributed by atoms with van der Waals surface area (Å²) in [5.74, 6) is 0. The highest BCUT2D eigenvalue weighted by Gasteiger charge is 2.22. The summed E-state index contributed by atoms with van der Waals surface area (Å²) in [4.78, 5) is 2.75. The number of rotatable bonds is 8. The Morgan fingerprint density at radius 2 is 1.80 bits per heavy atom. The van der Waals surface area contributed by atoms with Crippen LogP contribution in [0.15, 0.2) is 0 Å². The minimum absolute atomic E-state index is 0.932. The molecule has 1 atom stereocenters. The number of likely N-dealkylation sites (tertiary alicyclic amines) is 1. The van der Waals surface area contributed by atoms with Gasteiger partial charge in [-0.15, -0.1) is 0 Å². The van der Waals surface area contributed by atoms with Gasteiger partial charge in [0.1, 0.15) is 0 Å². The van der Waals surface area contributed by atoms with Gasteiger partial charge in [0.05, 0.1) is 0 Å². The Morgan fingerprint density at radius 1 is 1.00 bits per heavy atom. The van der Waals surface area contributed by atoms with Crippen molar-refractivity contribution < 1.29 is 0 Å². The van der Waals surface area contributed by atoms with Crippen molar-refractivity contribution in [1.29, 1.82) is 0 Å². The number of unbranched alkanes of at least 4 members (excludes halogenated alkanes) is 4. The topological polar surface area (TPSA) is 3.24 Å². The summed E-state index contributed by atoms with van der Waals surface area (Å²) >= 11 is 0. The van der Waals surface area contributed by atoms with Crippen molar-refractivity contribution in [2.45, 2.75) is 77.7 Å². The van der Waals surface area contributed by atoms with Crippen LogP contribution in [-0.4, -0.2) is 24.0 Å². The first kappa shape index (κ1) is 13.0. The number of hydrogen-bond acceptors (Lipinski definition) is 1. The molecule has 90 valence electrons. The summed E-state index contributed by atoms with van der Waals surface area (Å²) in [6, 6.07) is 0.932. The van der Waals surface area contributed by atoms with Crippen LogP contribution >= 0.6 is 0 Å². The Kier molecular flexibility index (Phi) is 7.08. The fourth-order valence-corrected chi connectivity index (χ4v) is 2.77. The summed E-state index contributed by atoms with van der Waals surface area (Å²) in [5.41, 5.74) is 0. The summed E-state index contributed by atoms with van der Waals surface area (Å²) in [6.07, 6.45) is 12.8. The van der Waals surface area contributed by atoms with Crippen LogP contribution in [0.1, 0.15) is 71.6 Å². The third-order valence-corrected chi connectivity index (χ3v) is 3.67. The standard InChI is InChI=1S/C14H29N/c1-3-5-6-7-8-12-15-13-9-11-14(15)10-4-2/h14H,3-13H2,1-2H3. The SMILES string of the molecule is CCCCCCCN1CCCC1CCC. The minimum Gasteiger partial charge on any atom is -0.300 e. The van der Waals surface area contributed by atoms with Crippen molar-refractivity contribution in [2.75, 3.05) is 13.1 Å². The van der Waals surface area contributed by atoms with Crippen molar-refractivity contribution in [2.24, 2.45) is 0 Å². The van der Waals surface area contributed by atoms with Crippen LogP contribution in [0.5, 0.6) is 0 Å². The van der Waals surface area contributed by atoms with Crippen molar-refractivity contribution in [1.82, 2.24) is 4.90 Å². The van der Waals surface area contributed by atoms with E-state index in [1.165, 1.54) is 70.9 Å². The molecule has 0 aromatic rings. The Bertz CT molecular complexity index is 144. The van der Waals surface area contributed by atoms with Gasteiger partial charge in [0, 0.05) is 6.04 Å². The molecule has 0 aromatic carbocycles. The van der Waals surface area contributed by atoms with E-state index < -0.39 is 0 Å². The third-order valence-electron chi connectivity index (χ3n) is 3.67. The highest BCUT2D eigenvalue weighted by atomic mass is 15.2. The summed E-state index contributed by atoms with van der Waals surface area (Å²) < 4.78 is 0. The smallest absolute Gasteiger partial charge is 0.00956 e. The predicted molar refractivity (Wildman–Crippen MR) is 68.3 cm³/mol. The maximum atomic E-state index is 2.75. The van der Waals surface area contributed by atoms with Gasteiger partial charge >= 0.3 is 0 Å². The Morgan fingerprint density at radius 3 is 2.53 bits per heavy atom. The molecule has 1 nitrogen and oxygen atoms in total. The van der Waals surface area contributed by atoms with E-state index in [0.29, 0.717) is 0 Å². The molecule has 1 fully saturated rings. The highest BCUT2D eigenvalue weighted by Crippen LogP contribution is 2.21. The molecular formula is C14H29N. The van der Waals surface area contributed by atoms with Gasteiger partial charge in [0.25, 0.3) is 0 Å². The number of hydrogen-bond donors (Lipinski definition) is 0. The monoisotopic (exact) mass is 211 g/mol. The highest BCUT2D eigenvalue weighted by molar-refractivity contribution is 4.78. The molecule has 1 aliphatic heterocycles. The fraction of sp³-hybridized carbons (Fsp3) is 1.00. The molecule has 0 amide bonds. The predicted octanol–water partition coefficient (Wildman–Crippen LogP) is 4.22. The van der Waals surface area contributed by atoms with Crippen LogP contribution in [0.3, 0.4) is 0 Å². The van der Waals surface area contributed by atoms with E-state index in [9.17, 15) is 0 Å². The molecule has 0 radical (unpaired) electrons. The molecule has 1 heterocycles. The van der Waals surface area contributed by atoms with Gasteiger partial charge < -0.3 is 4.90 Å². The van der Waals surface area contributed by atoms with Crippen LogP contribution in [0.2, 0.25) is 0 Å². The minimum atomic E-state index is 0.932. The molecule has 1 rings (SSSR count). The van der Waals surface area contributed by atoms with Gasteiger partial charge in [-0.3, -0.25) is 0 Å². The van der Waals surface area contributed by atoms with Crippen LogP contribution in [0.4, 0.5) is 0 Å². The van der Waals surface area contributed by atoms with E-state index in [1.54, 1.807) is 0 Å². The van der Waals surface area contributed by atoms with E-state index in [-0.39, 0.29) is 0 Å². The zero-order chi connectivity index (χ0) is 10.9.